The minimum absolute atomic E-state index is 0.0633. The number of fused-ring (bicyclic) bond motifs is 2. The van der Waals surface area contributed by atoms with E-state index in [2.05, 4.69) is 17.1 Å². The number of hydrogen-bond donors (Lipinski definition) is 3. The first-order valence-electron chi connectivity index (χ1n) is 10.6. The van der Waals surface area contributed by atoms with Crippen molar-refractivity contribution in [1.82, 2.24) is 9.88 Å². The van der Waals surface area contributed by atoms with Crippen molar-refractivity contribution in [2.45, 2.75) is 38.0 Å². The van der Waals surface area contributed by atoms with Crippen LogP contribution in [0, 0.1) is 0 Å². The molecule has 0 bridgehead atoms. The van der Waals surface area contributed by atoms with Crippen LogP contribution < -0.4 is 9.47 Å². The summed E-state index contributed by atoms with van der Waals surface area (Å²) in [5.74, 6) is 1.16. The summed E-state index contributed by atoms with van der Waals surface area (Å²) in [6, 6.07) is 12.1. The summed E-state index contributed by atoms with van der Waals surface area (Å²) in [7, 11) is 1.59. The first-order valence-corrected chi connectivity index (χ1v) is 10.6. The number of para-hydroxylation sites is 1. The van der Waals surface area contributed by atoms with Crippen LogP contribution in [0.2, 0.25) is 0 Å². The number of aliphatic hydroxyl groups excluding tert-OH is 1. The number of methoxy groups -OCH3 is 1. The van der Waals surface area contributed by atoms with Gasteiger partial charge in [-0.3, -0.25) is 4.79 Å². The third-order valence-electron chi connectivity index (χ3n) is 5.96. The zero-order valence-corrected chi connectivity index (χ0v) is 17.6. The number of aryl methyl sites for hydroxylation is 1. The van der Waals surface area contributed by atoms with Gasteiger partial charge in [0.1, 0.15) is 0 Å². The topological polar surface area (TPSA) is 95.0 Å². The smallest absolute Gasteiger partial charge is 0.210 e. The van der Waals surface area contributed by atoms with Crippen LogP contribution in [0.25, 0.3) is 10.9 Å². The number of rotatable bonds is 9. The molecule has 3 aromatic rings. The van der Waals surface area contributed by atoms with Gasteiger partial charge in [0.25, 0.3) is 0 Å². The number of carbonyl (C=O) groups is 1. The van der Waals surface area contributed by atoms with Crippen LogP contribution in [0.15, 0.2) is 42.6 Å². The molecule has 0 unspecified atom stereocenters. The standard InChI is InChI=1S/C24H28N2O5/c1-30-22-12-16-8-10-26(15-27)21(19(16)13-23(22)31-11-9-24(28)29)7-6-17-14-25-20-5-3-2-4-18(17)20/h2-5,12-15,21,24-25,28-29H,6-11H2,1H3/t21-/m1/s1. The summed E-state index contributed by atoms with van der Waals surface area (Å²) < 4.78 is 11.3. The van der Waals surface area contributed by atoms with Crippen LogP contribution in [0.3, 0.4) is 0 Å². The molecular formula is C24H28N2O5. The van der Waals surface area contributed by atoms with Gasteiger partial charge in [0.05, 0.1) is 19.8 Å². The number of nitrogens with zero attached hydrogens (tertiary/aromatic N) is 1. The van der Waals surface area contributed by atoms with Crippen LogP contribution in [-0.2, 0) is 17.6 Å². The summed E-state index contributed by atoms with van der Waals surface area (Å²) in [5.41, 5.74) is 4.54. The Balaban J connectivity index is 1.60. The van der Waals surface area contributed by atoms with Gasteiger partial charge in [-0.1, -0.05) is 18.2 Å². The molecule has 1 aromatic heterocycles. The molecule has 7 heteroatoms. The van der Waals surface area contributed by atoms with Crippen LogP contribution in [0.5, 0.6) is 11.5 Å². The van der Waals surface area contributed by atoms with E-state index in [-0.39, 0.29) is 19.1 Å². The van der Waals surface area contributed by atoms with Crippen molar-refractivity contribution in [2.75, 3.05) is 20.3 Å². The zero-order valence-electron chi connectivity index (χ0n) is 17.6. The second kappa shape index (κ2) is 9.41. The molecule has 1 aliphatic heterocycles. The van der Waals surface area contributed by atoms with E-state index in [0.717, 1.165) is 42.3 Å². The largest absolute Gasteiger partial charge is 0.493 e. The number of amides is 1. The van der Waals surface area contributed by atoms with Gasteiger partial charge >= 0.3 is 0 Å². The Kier molecular flexibility index (Phi) is 6.44. The Morgan fingerprint density at radius 3 is 2.87 bits per heavy atom. The lowest BCUT2D eigenvalue weighted by Gasteiger charge is -2.35. The van der Waals surface area contributed by atoms with Crippen LogP contribution in [0.4, 0.5) is 0 Å². The number of nitrogens with one attached hydrogen (secondary N) is 1. The molecule has 31 heavy (non-hydrogen) atoms. The molecule has 2 aromatic carbocycles. The molecule has 1 atom stereocenters. The monoisotopic (exact) mass is 424 g/mol. The SMILES string of the molecule is COc1cc2c(cc1OCCC(O)O)[C@@H](CCc1c[nH]c3ccccc13)N(C=O)CC2. The fourth-order valence-corrected chi connectivity index (χ4v) is 4.35. The predicted molar refractivity (Wildman–Crippen MR) is 117 cm³/mol. The Hall–Kier alpha value is -3.03. The molecule has 2 heterocycles. The molecule has 1 amide bonds. The Bertz CT molecular complexity index is 1050. The van der Waals surface area contributed by atoms with Gasteiger partial charge in [0, 0.05) is 30.1 Å². The first kappa shape index (κ1) is 21.2. The minimum Gasteiger partial charge on any atom is -0.493 e. The minimum atomic E-state index is -1.42. The lowest BCUT2D eigenvalue weighted by molar-refractivity contribution is -0.120. The number of H-pyrrole nitrogens is 1. The summed E-state index contributed by atoms with van der Waals surface area (Å²) in [6.45, 7) is 0.819. The molecule has 1 aliphatic rings. The van der Waals surface area contributed by atoms with Crippen LogP contribution in [-0.4, -0.2) is 53.1 Å². The molecule has 0 saturated heterocycles. The summed E-state index contributed by atoms with van der Waals surface area (Å²) >= 11 is 0. The maximum atomic E-state index is 11.8. The number of benzene rings is 2. The summed E-state index contributed by atoms with van der Waals surface area (Å²) in [5, 5.41) is 19.4. The molecule has 4 rings (SSSR count). The number of ether oxygens (including phenoxy) is 2. The lowest BCUT2D eigenvalue weighted by Crippen LogP contribution is -2.34. The van der Waals surface area contributed by atoms with Gasteiger partial charge in [-0.25, -0.2) is 0 Å². The van der Waals surface area contributed by atoms with Gasteiger partial charge in [-0.15, -0.1) is 0 Å². The van der Waals surface area contributed by atoms with E-state index in [1.807, 2.05) is 35.4 Å². The molecule has 164 valence electrons. The molecule has 0 spiro atoms. The highest BCUT2D eigenvalue weighted by Gasteiger charge is 2.28. The van der Waals surface area contributed by atoms with Crippen LogP contribution in [0.1, 0.15) is 35.6 Å². The van der Waals surface area contributed by atoms with E-state index in [1.165, 1.54) is 10.9 Å². The van der Waals surface area contributed by atoms with Crippen molar-refractivity contribution in [1.29, 1.82) is 0 Å². The average molecular weight is 424 g/mol. The quantitative estimate of drug-likeness (QED) is 0.363. The highest BCUT2D eigenvalue weighted by molar-refractivity contribution is 5.83. The summed E-state index contributed by atoms with van der Waals surface area (Å²) in [4.78, 5) is 17.0. The molecule has 3 N–H and O–H groups in total. The molecular weight excluding hydrogens is 396 g/mol. The van der Waals surface area contributed by atoms with Crippen molar-refractivity contribution in [3.63, 3.8) is 0 Å². The third kappa shape index (κ3) is 4.52. The Labute approximate surface area is 181 Å². The Morgan fingerprint density at radius 1 is 1.26 bits per heavy atom. The Morgan fingerprint density at radius 2 is 2.10 bits per heavy atom. The molecule has 0 fully saturated rings. The second-order valence-electron chi connectivity index (χ2n) is 7.83. The third-order valence-corrected chi connectivity index (χ3v) is 5.96. The van der Waals surface area contributed by atoms with Crippen molar-refractivity contribution in [3.05, 3.63) is 59.3 Å². The molecule has 0 aliphatic carbocycles. The predicted octanol–water partition coefficient (Wildman–Crippen LogP) is 2.94. The molecule has 0 radical (unpaired) electrons. The van der Waals surface area contributed by atoms with Gasteiger partial charge in [0.2, 0.25) is 6.41 Å². The van der Waals surface area contributed by atoms with Gasteiger partial charge in [0.15, 0.2) is 17.8 Å². The normalized spacial score (nSPS) is 15.9. The average Bonchev–Trinajstić information content (AvgIpc) is 3.19. The van der Waals surface area contributed by atoms with E-state index < -0.39 is 6.29 Å². The fourth-order valence-electron chi connectivity index (χ4n) is 4.35. The van der Waals surface area contributed by atoms with Crippen molar-refractivity contribution in [3.8, 4) is 11.5 Å². The fraction of sp³-hybridized carbons (Fsp3) is 0.375. The van der Waals surface area contributed by atoms with E-state index in [1.54, 1.807) is 7.11 Å². The highest BCUT2D eigenvalue weighted by atomic mass is 16.5. The molecule has 0 saturated carbocycles. The second-order valence-corrected chi connectivity index (χ2v) is 7.83. The maximum absolute atomic E-state index is 11.8. The van der Waals surface area contributed by atoms with Gasteiger partial charge in [-0.2, -0.15) is 0 Å². The first-order chi connectivity index (χ1) is 15.1. The number of hydrogen-bond acceptors (Lipinski definition) is 5. The highest BCUT2D eigenvalue weighted by Crippen LogP contribution is 2.40. The molecule has 7 nitrogen and oxygen atoms in total. The number of aromatic amines is 1. The van der Waals surface area contributed by atoms with Gasteiger partial charge in [-0.05, 0) is 54.2 Å². The lowest BCUT2D eigenvalue weighted by atomic mass is 9.88. The van der Waals surface area contributed by atoms with E-state index in [4.69, 9.17) is 19.7 Å². The van der Waals surface area contributed by atoms with E-state index >= 15 is 0 Å². The van der Waals surface area contributed by atoms with Gasteiger partial charge < -0.3 is 29.6 Å². The number of carbonyl (C=O) groups excluding carboxylic acids is 1. The van der Waals surface area contributed by atoms with Crippen molar-refractivity contribution >= 4 is 17.3 Å². The van der Waals surface area contributed by atoms with Crippen molar-refractivity contribution in [2.24, 2.45) is 0 Å². The zero-order chi connectivity index (χ0) is 21.8. The van der Waals surface area contributed by atoms with Crippen molar-refractivity contribution < 1.29 is 24.5 Å². The maximum Gasteiger partial charge on any atom is 0.210 e. The number of aromatic nitrogens is 1. The van der Waals surface area contributed by atoms with E-state index in [0.29, 0.717) is 18.0 Å². The van der Waals surface area contributed by atoms with Crippen LogP contribution >= 0.6 is 0 Å². The number of aliphatic hydroxyl groups is 2. The van der Waals surface area contributed by atoms with E-state index in [9.17, 15) is 4.79 Å². The summed E-state index contributed by atoms with van der Waals surface area (Å²) in [6.07, 6.45) is 4.02.